The summed E-state index contributed by atoms with van der Waals surface area (Å²) in [7, 11) is 0. The van der Waals surface area contributed by atoms with Gasteiger partial charge in [0.15, 0.2) is 5.82 Å². The van der Waals surface area contributed by atoms with Crippen LogP contribution in [0.3, 0.4) is 0 Å². The summed E-state index contributed by atoms with van der Waals surface area (Å²) in [6.07, 6.45) is 6.41. The molecule has 0 saturated heterocycles. The maximum absolute atomic E-state index is 5.04. The van der Waals surface area contributed by atoms with Crippen molar-refractivity contribution >= 4 is 11.5 Å². The molecule has 0 bridgehead atoms. The lowest BCUT2D eigenvalue weighted by Gasteiger charge is -2.37. The van der Waals surface area contributed by atoms with Crippen molar-refractivity contribution in [3.05, 3.63) is 22.9 Å². The van der Waals surface area contributed by atoms with Crippen LogP contribution in [0.2, 0.25) is 0 Å². The molecule has 2 heteroatoms. The van der Waals surface area contributed by atoms with Gasteiger partial charge in [0.05, 0.1) is 0 Å². The number of rotatable bonds is 4. The zero-order chi connectivity index (χ0) is 18.4. The minimum atomic E-state index is 0.515. The lowest BCUT2D eigenvalue weighted by atomic mass is 9.68. The van der Waals surface area contributed by atoms with Gasteiger partial charge < -0.3 is 0 Å². The van der Waals surface area contributed by atoms with Crippen LogP contribution in [0.1, 0.15) is 76.6 Å². The average molecular weight is 341 g/mol. The van der Waals surface area contributed by atoms with E-state index in [1.54, 1.807) is 0 Å². The van der Waals surface area contributed by atoms with E-state index in [0.29, 0.717) is 5.41 Å². The van der Waals surface area contributed by atoms with Gasteiger partial charge in [0.25, 0.3) is 0 Å². The first-order chi connectivity index (χ1) is 11.8. The molecule has 0 aliphatic heterocycles. The van der Waals surface area contributed by atoms with Gasteiger partial charge in [-0.15, -0.1) is 0 Å². The van der Waals surface area contributed by atoms with Gasteiger partial charge in [0, 0.05) is 11.4 Å². The molecule has 2 nitrogen and oxygen atoms in total. The Bertz CT molecular complexity index is 675. The Balaban J connectivity index is 1.85. The van der Waals surface area contributed by atoms with Crippen molar-refractivity contribution < 1.29 is 0 Å². The van der Waals surface area contributed by atoms with E-state index in [9.17, 15) is 0 Å². The van der Waals surface area contributed by atoms with E-state index in [2.05, 4.69) is 54.5 Å². The number of aliphatic imine (C=N–C) groups is 1. The summed E-state index contributed by atoms with van der Waals surface area (Å²) in [5.41, 5.74) is 5.42. The summed E-state index contributed by atoms with van der Waals surface area (Å²) in [4.78, 5) is 9.79. The summed E-state index contributed by atoms with van der Waals surface area (Å²) in [5, 5.41) is 0. The Kier molecular flexibility index (Phi) is 5.10. The van der Waals surface area contributed by atoms with E-state index in [1.165, 1.54) is 36.1 Å². The van der Waals surface area contributed by atoms with Crippen LogP contribution in [-0.2, 0) is 0 Å². The van der Waals surface area contributed by atoms with Crippen molar-refractivity contribution in [1.82, 2.24) is 4.98 Å². The van der Waals surface area contributed by atoms with Gasteiger partial charge in [-0.2, -0.15) is 0 Å². The number of nitrogens with zero attached hydrogens (tertiary/aromatic N) is 2. The molecular formula is C23H36N2. The number of pyridine rings is 1. The highest BCUT2D eigenvalue weighted by molar-refractivity contribution is 5.87. The van der Waals surface area contributed by atoms with Gasteiger partial charge in [-0.25, -0.2) is 9.98 Å². The highest BCUT2D eigenvalue weighted by Crippen LogP contribution is 2.63. The molecule has 1 heterocycles. The smallest absolute Gasteiger partial charge is 0.154 e. The summed E-state index contributed by atoms with van der Waals surface area (Å²) in [5.74, 6) is 4.40. The second-order valence-corrected chi connectivity index (χ2v) is 9.13. The predicted molar refractivity (Wildman–Crippen MR) is 108 cm³/mol. The molecule has 2 aliphatic rings. The van der Waals surface area contributed by atoms with Crippen LogP contribution in [0.15, 0.2) is 11.1 Å². The summed E-state index contributed by atoms with van der Waals surface area (Å²) in [6.45, 7) is 16.2. The van der Waals surface area contributed by atoms with E-state index in [-0.39, 0.29) is 0 Å². The van der Waals surface area contributed by atoms with Gasteiger partial charge in [-0.05, 0) is 93.1 Å². The molecule has 3 rings (SSSR count). The summed E-state index contributed by atoms with van der Waals surface area (Å²) < 4.78 is 0. The Morgan fingerprint density at radius 3 is 2.60 bits per heavy atom. The first-order valence-electron chi connectivity index (χ1n) is 10.3. The molecule has 25 heavy (non-hydrogen) atoms. The normalized spacial score (nSPS) is 35.2. The van der Waals surface area contributed by atoms with Crippen LogP contribution >= 0.6 is 0 Å². The third kappa shape index (κ3) is 3.17. The number of aryl methyl sites for hydroxylation is 3. The van der Waals surface area contributed by atoms with Crippen molar-refractivity contribution in [2.24, 2.45) is 34.1 Å². The van der Waals surface area contributed by atoms with Crippen molar-refractivity contribution in [3.63, 3.8) is 0 Å². The van der Waals surface area contributed by atoms with Crippen molar-refractivity contribution in [2.45, 2.75) is 80.6 Å². The molecule has 4 unspecified atom stereocenters. The fraction of sp³-hybridized carbons (Fsp3) is 0.739. The fourth-order valence-electron chi connectivity index (χ4n) is 5.91. The molecule has 1 aromatic rings. The first-order valence-corrected chi connectivity index (χ1v) is 10.3. The molecule has 2 aliphatic carbocycles. The Hall–Kier alpha value is -1.18. The molecule has 2 saturated carbocycles. The van der Waals surface area contributed by atoms with Crippen LogP contribution in [0.4, 0.5) is 5.82 Å². The second-order valence-electron chi connectivity index (χ2n) is 9.13. The van der Waals surface area contributed by atoms with E-state index < -0.39 is 0 Å². The molecule has 0 spiro atoms. The Labute approximate surface area is 154 Å². The molecule has 138 valence electrons. The van der Waals surface area contributed by atoms with Gasteiger partial charge in [-0.3, -0.25) is 0 Å². The topological polar surface area (TPSA) is 25.2 Å². The zero-order valence-electron chi connectivity index (χ0n) is 17.3. The van der Waals surface area contributed by atoms with E-state index >= 15 is 0 Å². The van der Waals surface area contributed by atoms with Crippen LogP contribution < -0.4 is 0 Å². The van der Waals surface area contributed by atoms with E-state index in [1.807, 2.05) is 0 Å². The number of aromatic nitrogens is 1. The summed E-state index contributed by atoms with van der Waals surface area (Å²) in [6, 6.07) is 2.22. The molecule has 0 radical (unpaired) electrons. The number of hydrogen-bond donors (Lipinski definition) is 0. The summed E-state index contributed by atoms with van der Waals surface area (Å²) >= 11 is 0. The van der Waals surface area contributed by atoms with E-state index in [4.69, 9.17) is 9.98 Å². The van der Waals surface area contributed by atoms with Crippen LogP contribution in [-0.4, -0.2) is 10.7 Å². The highest BCUT2D eigenvalue weighted by Gasteiger charge is 2.55. The quantitative estimate of drug-likeness (QED) is 0.568. The first kappa shape index (κ1) is 18.6. The number of fused-ring (bicyclic) bond motifs is 1. The molecule has 0 amide bonds. The van der Waals surface area contributed by atoms with Crippen LogP contribution in [0.5, 0.6) is 0 Å². The van der Waals surface area contributed by atoms with Gasteiger partial charge in [-0.1, -0.05) is 33.8 Å². The number of hydrogen-bond acceptors (Lipinski definition) is 2. The largest absolute Gasteiger partial charge is 0.238 e. The van der Waals surface area contributed by atoms with E-state index in [0.717, 1.165) is 48.0 Å². The minimum absolute atomic E-state index is 0.515. The fourth-order valence-corrected chi connectivity index (χ4v) is 5.91. The molecule has 0 aromatic carbocycles. The molecule has 0 N–H and O–H groups in total. The van der Waals surface area contributed by atoms with Crippen molar-refractivity contribution in [2.75, 3.05) is 0 Å². The van der Waals surface area contributed by atoms with Crippen molar-refractivity contribution in [3.8, 4) is 0 Å². The Morgan fingerprint density at radius 1 is 1.20 bits per heavy atom. The lowest BCUT2D eigenvalue weighted by molar-refractivity contribution is 0.130. The SMILES string of the molecule is CCC(CC1CCC2C(C)CC(C)[C@]12C)=Nc1nc(C)c(C)cc1C. The zero-order valence-corrected chi connectivity index (χ0v) is 17.3. The van der Waals surface area contributed by atoms with Crippen molar-refractivity contribution in [1.29, 1.82) is 0 Å². The van der Waals surface area contributed by atoms with Gasteiger partial charge >= 0.3 is 0 Å². The highest BCUT2D eigenvalue weighted by atomic mass is 14.9. The third-order valence-corrected chi connectivity index (χ3v) is 7.76. The third-order valence-electron chi connectivity index (χ3n) is 7.76. The van der Waals surface area contributed by atoms with Crippen LogP contribution in [0.25, 0.3) is 0 Å². The molecule has 1 aromatic heterocycles. The molecule has 5 atom stereocenters. The monoisotopic (exact) mass is 340 g/mol. The standard InChI is InChI=1S/C23H36N2/c1-8-20(25-22-16(4)11-14(2)18(6)24-22)13-19-9-10-21-15(3)12-17(5)23(19,21)7/h11,15,17,19,21H,8-10,12-13H2,1-7H3/t15?,17?,19?,21?,23-/m1/s1. The maximum atomic E-state index is 5.04. The average Bonchev–Trinajstić information content (AvgIpc) is 2.99. The van der Waals surface area contributed by atoms with Gasteiger partial charge in [0.2, 0.25) is 0 Å². The lowest BCUT2D eigenvalue weighted by Crippen LogP contribution is -2.32. The minimum Gasteiger partial charge on any atom is -0.238 e. The van der Waals surface area contributed by atoms with Crippen LogP contribution in [0, 0.1) is 49.9 Å². The predicted octanol–water partition coefficient (Wildman–Crippen LogP) is 6.59. The second kappa shape index (κ2) is 6.85. The molecule has 2 fully saturated rings. The Morgan fingerprint density at radius 2 is 1.92 bits per heavy atom. The molecular weight excluding hydrogens is 304 g/mol. The maximum Gasteiger partial charge on any atom is 0.154 e. The van der Waals surface area contributed by atoms with Gasteiger partial charge in [0.1, 0.15) is 0 Å².